The molecule has 2 amide bonds. The van der Waals surface area contributed by atoms with Crippen LogP contribution in [0.25, 0.3) is 10.9 Å². The van der Waals surface area contributed by atoms with Crippen LogP contribution in [0, 0.1) is 0 Å². The van der Waals surface area contributed by atoms with Crippen LogP contribution < -0.4 is 10.6 Å². The van der Waals surface area contributed by atoms with Gasteiger partial charge >= 0.3 is 5.97 Å². The van der Waals surface area contributed by atoms with E-state index in [0.717, 1.165) is 34.9 Å². The second-order valence-corrected chi connectivity index (χ2v) is 8.27. The van der Waals surface area contributed by atoms with Crippen molar-refractivity contribution < 1.29 is 24.2 Å². The molecule has 0 spiro atoms. The summed E-state index contributed by atoms with van der Waals surface area (Å²) in [6, 6.07) is 12.3. The van der Waals surface area contributed by atoms with E-state index in [9.17, 15) is 19.5 Å². The normalized spacial score (nSPS) is 12.6. The Labute approximate surface area is 198 Å². The van der Waals surface area contributed by atoms with E-state index >= 15 is 0 Å². The van der Waals surface area contributed by atoms with Gasteiger partial charge in [-0.05, 0) is 35.7 Å². The highest BCUT2D eigenvalue weighted by atomic mass is 16.5. The number of fused-ring (bicyclic) bond motifs is 1. The summed E-state index contributed by atoms with van der Waals surface area (Å²) in [4.78, 5) is 41.0. The Bertz CT molecular complexity index is 1120. The summed E-state index contributed by atoms with van der Waals surface area (Å²) < 4.78 is 5.42. The summed E-state index contributed by atoms with van der Waals surface area (Å²) in [5, 5.41) is 15.9. The number of ether oxygens (including phenoxy) is 1. The van der Waals surface area contributed by atoms with Crippen molar-refractivity contribution in [2.75, 3.05) is 6.61 Å². The van der Waals surface area contributed by atoms with E-state index in [1.54, 1.807) is 12.1 Å². The Morgan fingerprint density at radius 3 is 2.44 bits per heavy atom. The minimum absolute atomic E-state index is 0.109. The van der Waals surface area contributed by atoms with Gasteiger partial charge in [0, 0.05) is 36.9 Å². The Hall–Kier alpha value is -3.81. The van der Waals surface area contributed by atoms with Gasteiger partial charge in [-0.3, -0.25) is 9.59 Å². The molecular formula is C26H31N3O5. The quantitative estimate of drug-likeness (QED) is 0.256. The number of hydrogen-bond donors (Lipinski definition) is 4. The minimum Gasteiger partial charge on any atom is -0.508 e. The lowest BCUT2D eigenvalue weighted by Gasteiger charge is -2.22. The predicted molar refractivity (Wildman–Crippen MR) is 129 cm³/mol. The van der Waals surface area contributed by atoms with Crippen molar-refractivity contribution in [3.63, 3.8) is 0 Å². The summed E-state index contributed by atoms with van der Waals surface area (Å²) in [6.07, 6.45) is 3.88. The number of unbranched alkanes of at least 4 members (excludes halogenated alkanes) is 1. The van der Waals surface area contributed by atoms with E-state index in [2.05, 4.69) is 15.6 Å². The number of aromatic amines is 1. The highest BCUT2D eigenvalue weighted by Gasteiger charge is 2.28. The van der Waals surface area contributed by atoms with E-state index < -0.39 is 24.0 Å². The Balaban J connectivity index is 1.79. The number of benzene rings is 2. The van der Waals surface area contributed by atoms with E-state index in [0.29, 0.717) is 0 Å². The summed E-state index contributed by atoms with van der Waals surface area (Å²) in [5.41, 5.74) is 2.57. The number of phenols is 1. The maximum absolute atomic E-state index is 13.2. The van der Waals surface area contributed by atoms with E-state index in [-0.39, 0.29) is 31.1 Å². The van der Waals surface area contributed by atoms with Crippen molar-refractivity contribution in [3.05, 3.63) is 65.9 Å². The third-order valence-electron chi connectivity index (χ3n) is 5.51. The van der Waals surface area contributed by atoms with Crippen molar-refractivity contribution in [3.8, 4) is 5.75 Å². The number of H-pyrrole nitrogens is 1. The summed E-state index contributed by atoms with van der Waals surface area (Å²) >= 11 is 0. The van der Waals surface area contributed by atoms with Gasteiger partial charge in [0.05, 0.1) is 6.61 Å². The number of carbonyl (C=O) groups is 3. The van der Waals surface area contributed by atoms with Crippen LogP contribution in [-0.2, 0) is 32.0 Å². The molecule has 0 fully saturated rings. The molecule has 3 rings (SSSR count). The first-order valence-corrected chi connectivity index (χ1v) is 11.4. The fourth-order valence-corrected chi connectivity index (χ4v) is 3.73. The standard InChI is InChI=1S/C26H31N3O5/c1-3-4-13-34-26(33)24(15-19-16-27-22-8-6-5-7-21(19)22)29-25(32)23(28-17(2)30)14-18-9-11-20(31)12-10-18/h5-12,16,23-24,27,31H,3-4,13-15H2,1-2H3,(H,28,30)(H,29,32)/t23-,24-/m0/s1. The van der Waals surface area contributed by atoms with Gasteiger partial charge in [-0.1, -0.05) is 43.7 Å². The molecular weight excluding hydrogens is 434 g/mol. The molecule has 8 nitrogen and oxygen atoms in total. The Morgan fingerprint density at radius 1 is 1.00 bits per heavy atom. The molecule has 3 aromatic rings. The SMILES string of the molecule is CCCCOC(=O)[C@H](Cc1c[nH]c2ccccc12)NC(=O)[C@H](Cc1ccc(O)cc1)NC(C)=O. The molecule has 180 valence electrons. The minimum atomic E-state index is -0.917. The first-order valence-electron chi connectivity index (χ1n) is 11.4. The lowest BCUT2D eigenvalue weighted by atomic mass is 10.0. The maximum atomic E-state index is 13.2. The van der Waals surface area contributed by atoms with Crippen LogP contribution in [-0.4, -0.2) is 46.6 Å². The molecule has 0 aliphatic heterocycles. The molecule has 0 aliphatic rings. The third-order valence-corrected chi connectivity index (χ3v) is 5.51. The van der Waals surface area contributed by atoms with Gasteiger partial charge in [0.1, 0.15) is 17.8 Å². The number of phenolic OH excluding ortho intramolecular Hbond substituents is 1. The molecule has 0 aliphatic carbocycles. The average molecular weight is 466 g/mol. The number of esters is 1. The molecule has 34 heavy (non-hydrogen) atoms. The molecule has 0 saturated carbocycles. The summed E-state index contributed by atoms with van der Waals surface area (Å²) in [5.74, 6) is -1.26. The number of rotatable bonds is 11. The summed E-state index contributed by atoms with van der Waals surface area (Å²) in [7, 11) is 0. The van der Waals surface area contributed by atoms with Crippen LogP contribution in [0.5, 0.6) is 5.75 Å². The van der Waals surface area contributed by atoms with Crippen LogP contribution in [0.15, 0.2) is 54.7 Å². The molecule has 4 N–H and O–H groups in total. The molecule has 0 radical (unpaired) electrons. The van der Waals surface area contributed by atoms with Gasteiger partial charge in [-0.2, -0.15) is 0 Å². The van der Waals surface area contributed by atoms with Crippen molar-refractivity contribution in [2.45, 2.75) is 51.6 Å². The fourth-order valence-electron chi connectivity index (χ4n) is 3.73. The Morgan fingerprint density at radius 2 is 1.74 bits per heavy atom. The second kappa shape index (κ2) is 11.9. The second-order valence-electron chi connectivity index (χ2n) is 8.27. The first-order chi connectivity index (χ1) is 16.4. The van der Waals surface area contributed by atoms with E-state index in [1.807, 2.05) is 37.4 Å². The lowest BCUT2D eigenvalue weighted by Crippen LogP contribution is -2.53. The van der Waals surface area contributed by atoms with Crippen molar-refractivity contribution in [2.24, 2.45) is 0 Å². The van der Waals surface area contributed by atoms with E-state index in [4.69, 9.17) is 4.74 Å². The highest BCUT2D eigenvalue weighted by Crippen LogP contribution is 2.20. The largest absolute Gasteiger partial charge is 0.508 e. The van der Waals surface area contributed by atoms with Gasteiger partial charge in [0.15, 0.2) is 0 Å². The van der Waals surface area contributed by atoms with Gasteiger partial charge < -0.3 is 25.5 Å². The molecule has 8 heteroatoms. The molecule has 0 unspecified atom stereocenters. The predicted octanol–water partition coefficient (Wildman–Crippen LogP) is 2.99. The number of amides is 2. The monoisotopic (exact) mass is 465 g/mol. The molecule has 0 bridgehead atoms. The number of aromatic nitrogens is 1. The van der Waals surface area contributed by atoms with Gasteiger partial charge in [-0.25, -0.2) is 4.79 Å². The first kappa shape index (κ1) is 24.8. The zero-order valence-electron chi connectivity index (χ0n) is 19.5. The van der Waals surface area contributed by atoms with Crippen molar-refractivity contribution in [1.82, 2.24) is 15.6 Å². The highest BCUT2D eigenvalue weighted by molar-refractivity contribution is 5.91. The fraction of sp³-hybridized carbons (Fsp3) is 0.346. The zero-order valence-corrected chi connectivity index (χ0v) is 19.5. The summed E-state index contributed by atoms with van der Waals surface area (Å²) in [6.45, 7) is 3.61. The molecule has 1 aromatic heterocycles. The number of carbonyl (C=O) groups excluding carboxylic acids is 3. The molecule has 1 heterocycles. The van der Waals surface area contributed by atoms with Crippen LogP contribution in [0.4, 0.5) is 0 Å². The molecule has 0 saturated heterocycles. The van der Waals surface area contributed by atoms with Gasteiger partial charge in [0.25, 0.3) is 0 Å². The van der Waals surface area contributed by atoms with E-state index in [1.165, 1.54) is 19.1 Å². The molecule has 2 aromatic carbocycles. The number of aromatic hydroxyl groups is 1. The smallest absolute Gasteiger partial charge is 0.328 e. The topological polar surface area (TPSA) is 121 Å². The number of para-hydroxylation sites is 1. The average Bonchev–Trinajstić information content (AvgIpc) is 3.22. The lowest BCUT2D eigenvalue weighted by molar-refractivity contribution is -0.148. The van der Waals surface area contributed by atoms with Gasteiger partial charge in [0.2, 0.25) is 11.8 Å². The van der Waals surface area contributed by atoms with Crippen LogP contribution >= 0.6 is 0 Å². The van der Waals surface area contributed by atoms with Crippen LogP contribution in [0.2, 0.25) is 0 Å². The third kappa shape index (κ3) is 6.84. The maximum Gasteiger partial charge on any atom is 0.328 e. The van der Waals surface area contributed by atoms with Crippen LogP contribution in [0.3, 0.4) is 0 Å². The van der Waals surface area contributed by atoms with Crippen molar-refractivity contribution in [1.29, 1.82) is 0 Å². The van der Waals surface area contributed by atoms with Crippen LogP contribution in [0.1, 0.15) is 37.8 Å². The Kier molecular flexibility index (Phi) is 8.67. The molecule has 2 atom stereocenters. The number of hydrogen-bond acceptors (Lipinski definition) is 5. The zero-order chi connectivity index (χ0) is 24.5. The van der Waals surface area contributed by atoms with Crippen molar-refractivity contribution >= 4 is 28.7 Å². The van der Waals surface area contributed by atoms with Gasteiger partial charge in [-0.15, -0.1) is 0 Å². The number of nitrogens with one attached hydrogen (secondary N) is 3.